The minimum absolute atomic E-state index is 0.191. The van der Waals surface area contributed by atoms with Gasteiger partial charge in [0.2, 0.25) is 0 Å². The number of nitrogens with zero attached hydrogens (tertiary/aromatic N) is 3. The first-order chi connectivity index (χ1) is 9.58. The van der Waals surface area contributed by atoms with Gasteiger partial charge in [-0.2, -0.15) is 0 Å². The molecule has 0 aliphatic rings. The number of carbonyl (C=O) groups excluding carboxylic acids is 1. The summed E-state index contributed by atoms with van der Waals surface area (Å²) in [6, 6.07) is 5.72. The Balaban J connectivity index is 1.92. The van der Waals surface area contributed by atoms with E-state index in [1.165, 1.54) is 11.3 Å². The highest BCUT2D eigenvalue weighted by atomic mass is 32.1. The monoisotopic (exact) mass is 291 g/mol. The van der Waals surface area contributed by atoms with E-state index in [9.17, 15) is 4.79 Å². The maximum absolute atomic E-state index is 12.0. The number of hydrogen-bond acceptors (Lipinski definition) is 6. The van der Waals surface area contributed by atoms with Crippen LogP contribution in [-0.2, 0) is 6.42 Å². The van der Waals surface area contributed by atoms with Crippen LogP contribution >= 0.6 is 11.3 Å². The SMILES string of the molecule is CN(C)c1nc(N)c(C(=O)NCCc2ccccn2)s1. The Morgan fingerprint density at radius 2 is 2.25 bits per heavy atom. The van der Waals surface area contributed by atoms with Gasteiger partial charge in [-0.15, -0.1) is 0 Å². The number of anilines is 2. The number of hydrogen-bond donors (Lipinski definition) is 2. The van der Waals surface area contributed by atoms with E-state index >= 15 is 0 Å². The number of nitrogens with two attached hydrogens (primary N) is 1. The zero-order valence-corrected chi connectivity index (χ0v) is 12.3. The molecule has 0 fully saturated rings. The molecule has 2 aromatic rings. The topological polar surface area (TPSA) is 84.1 Å². The number of aromatic nitrogens is 2. The van der Waals surface area contributed by atoms with E-state index < -0.39 is 0 Å². The summed E-state index contributed by atoms with van der Waals surface area (Å²) < 4.78 is 0. The number of carbonyl (C=O) groups is 1. The van der Waals surface area contributed by atoms with Crippen molar-refractivity contribution < 1.29 is 4.79 Å². The minimum atomic E-state index is -0.191. The molecule has 2 rings (SSSR count). The predicted molar refractivity (Wildman–Crippen MR) is 81.1 cm³/mol. The molecule has 1 amide bonds. The van der Waals surface area contributed by atoms with Crippen molar-refractivity contribution in [2.24, 2.45) is 0 Å². The molecule has 2 heterocycles. The van der Waals surface area contributed by atoms with Crippen molar-refractivity contribution in [1.29, 1.82) is 0 Å². The Kier molecular flexibility index (Phi) is 4.52. The maximum Gasteiger partial charge on any atom is 0.265 e. The largest absolute Gasteiger partial charge is 0.382 e. The lowest BCUT2D eigenvalue weighted by Gasteiger charge is -2.05. The van der Waals surface area contributed by atoms with Gasteiger partial charge < -0.3 is 16.0 Å². The van der Waals surface area contributed by atoms with Crippen LogP contribution in [0.2, 0.25) is 0 Å². The lowest BCUT2D eigenvalue weighted by atomic mass is 10.3. The highest BCUT2D eigenvalue weighted by Gasteiger charge is 2.16. The van der Waals surface area contributed by atoms with Gasteiger partial charge in [-0.05, 0) is 12.1 Å². The van der Waals surface area contributed by atoms with Crippen LogP contribution in [-0.4, -0.2) is 36.5 Å². The normalized spacial score (nSPS) is 10.3. The molecule has 0 radical (unpaired) electrons. The fourth-order valence-corrected chi connectivity index (χ4v) is 2.43. The first-order valence-corrected chi connectivity index (χ1v) is 7.01. The van der Waals surface area contributed by atoms with E-state index in [0.29, 0.717) is 17.8 Å². The summed E-state index contributed by atoms with van der Waals surface area (Å²) in [6.07, 6.45) is 2.42. The highest BCUT2D eigenvalue weighted by Crippen LogP contribution is 2.26. The zero-order chi connectivity index (χ0) is 14.5. The zero-order valence-electron chi connectivity index (χ0n) is 11.5. The number of rotatable bonds is 5. The van der Waals surface area contributed by atoms with Gasteiger partial charge in [-0.1, -0.05) is 17.4 Å². The Morgan fingerprint density at radius 3 is 2.85 bits per heavy atom. The van der Waals surface area contributed by atoms with E-state index in [1.54, 1.807) is 6.20 Å². The maximum atomic E-state index is 12.0. The molecule has 7 heteroatoms. The average molecular weight is 291 g/mol. The van der Waals surface area contributed by atoms with Crippen molar-refractivity contribution in [2.45, 2.75) is 6.42 Å². The quantitative estimate of drug-likeness (QED) is 0.863. The van der Waals surface area contributed by atoms with Crippen LogP contribution in [0.3, 0.4) is 0 Å². The van der Waals surface area contributed by atoms with Gasteiger partial charge in [0.25, 0.3) is 5.91 Å². The fourth-order valence-electron chi connectivity index (χ4n) is 1.60. The number of pyridine rings is 1. The van der Waals surface area contributed by atoms with Gasteiger partial charge in [0.15, 0.2) is 5.13 Å². The second-order valence-corrected chi connectivity index (χ2v) is 5.41. The molecule has 20 heavy (non-hydrogen) atoms. The van der Waals surface area contributed by atoms with E-state index in [4.69, 9.17) is 5.73 Å². The van der Waals surface area contributed by atoms with Gasteiger partial charge >= 0.3 is 0 Å². The molecule has 0 bridgehead atoms. The molecule has 0 spiro atoms. The third-order valence-corrected chi connectivity index (χ3v) is 3.86. The van der Waals surface area contributed by atoms with E-state index in [0.717, 1.165) is 10.8 Å². The van der Waals surface area contributed by atoms with Crippen molar-refractivity contribution in [1.82, 2.24) is 15.3 Å². The summed E-state index contributed by atoms with van der Waals surface area (Å²) in [5, 5.41) is 3.55. The summed E-state index contributed by atoms with van der Waals surface area (Å²) in [5.74, 6) is 0.0815. The molecule has 0 saturated heterocycles. The van der Waals surface area contributed by atoms with Crippen LogP contribution in [0.4, 0.5) is 10.9 Å². The Morgan fingerprint density at radius 1 is 1.45 bits per heavy atom. The van der Waals surface area contributed by atoms with Gasteiger partial charge in [0, 0.05) is 39.0 Å². The van der Waals surface area contributed by atoms with E-state index in [1.807, 2.05) is 37.2 Å². The second kappa shape index (κ2) is 6.33. The van der Waals surface area contributed by atoms with Gasteiger partial charge in [0.1, 0.15) is 10.7 Å². The molecule has 0 aliphatic heterocycles. The third kappa shape index (κ3) is 3.45. The van der Waals surface area contributed by atoms with Crippen LogP contribution in [0.25, 0.3) is 0 Å². The van der Waals surface area contributed by atoms with Crippen molar-refractivity contribution in [2.75, 3.05) is 31.3 Å². The number of thiazole rings is 1. The van der Waals surface area contributed by atoms with Crippen LogP contribution in [0.5, 0.6) is 0 Å². The highest BCUT2D eigenvalue weighted by molar-refractivity contribution is 7.18. The first kappa shape index (κ1) is 14.3. The number of nitrogen functional groups attached to an aromatic ring is 1. The second-order valence-electron chi connectivity index (χ2n) is 4.43. The molecule has 0 aliphatic carbocycles. The summed E-state index contributed by atoms with van der Waals surface area (Å²) in [5.41, 5.74) is 6.71. The molecular formula is C13H17N5OS. The molecule has 0 saturated carbocycles. The van der Waals surface area contributed by atoms with Crippen LogP contribution in [0, 0.1) is 0 Å². The molecular weight excluding hydrogens is 274 g/mol. The van der Waals surface area contributed by atoms with Crippen LogP contribution in [0.1, 0.15) is 15.4 Å². The Hall–Kier alpha value is -2.15. The lowest BCUT2D eigenvalue weighted by molar-refractivity contribution is 0.0959. The molecule has 2 aromatic heterocycles. The first-order valence-electron chi connectivity index (χ1n) is 6.19. The molecule has 0 atom stereocenters. The molecule has 0 aromatic carbocycles. The lowest BCUT2D eigenvalue weighted by Crippen LogP contribution is -2.25. The van der Waals surface area contributed by atoms with Crippen molar-refractivity contribution >= 4 is 28.2 Å². The van der Waals surface area contributed by atoms with Crippen molar-refractivity contribution in [3.8, 4) is 0 Å². The van der Waals surface area contributed by atoms with Crippen LogP contribution in [0.15, 0.2) is 24.4 Å². The predicted octanol–water partition coefficient (Wildman–Crippen LogP) is 1.16. The van der Waals surface area contributed by atoms with Crippen molar-refractivity contribution in [3.63, 3.8) is 0 Å². The molecule has 6 nitrogen and oxygen atoms in total. The summed E-state index contributed by atoms with van der Waals surface area (Å²) in [4.78, 5) is 22.7. The smallest absolute Gasteiger partial charge is 0.265 e. The molecule has 3 N–H and O–H groups in total. The Labute approximate surface area is 121 Å². The fraction of sp³-hybridized carbons (Fsp3) is 0.308. The van der Waals surface area contributed by atoms with Crippen molar-refractivity contribution in [3.05, 3.63) is 35.0 Å². The van der Waals surface area contributed by atoms with E-state index in [2.05, 4.69) is 15.3 Å². The van der Waals surface area contributed by atoms with E-state index in [-0.39, 0.29) is 11.7 Å². The average Bonchev–Trinajstić information content (AvgIpc) is 2.82. The van der Waals surface area contributed by atoms with Crippen LogP contribution < -0.4 is 16.0 Å². The minimum Gasteiger partial charge on any atom is -0.382 e. The summed E-state index contributed by atoms with van der Waals surface area (Å²) in [6.45, 7) is 0.518. The summed E-state index contributed by atoms with van der Waals surface area (Å²) in [7, 11) is 3.72. The van der Waals surface area contributed by atoms with Gasteiger partial charge in [-0.3, -0.25) is 9.78 Å². The van der Waals surface area contributed by atoms with Gasteiger partial charge in [-0.25, -0.2) is 4.98 Å². The Bertz CT molecular complexity index is 582. The standard InChI is InChI=1S/C13H17N5OS/c1-18(2)13-17-11(14)10(20-13)12(19)16-8-6-9-5-3-4-7-15-9/h3-5,7H,6,8,14H2,1-2H3,(H,16,19). The molecule has 0 unspecified atom stereocenters. The summed E-state index contributed by atoms with van der Waals surface area (Å²) >= 11 is 1.28. The van der Waals surface area contributed by atoms with Gasteiger partial charge in [0.05, 0.1) is 0 Å². The number of amides is 1. The number of nitrogens with one attached hydrogen (secondary N) is 1. The molecule has 106 valence electrons. The third-order valence-electron chi connectivity index (χ3n) is 2.62.